The number of nitrogen functional groups attached to an aromatic ring is 1. The fourth-order valence-corrected chi connectivity index (χ4v) is 4.13. The zero-order chi connectivity index (χ0) is 17.8. The molecule has 144 valence electrons. The Kier molecular flexibility index (Phi) is 7.33. The third-order valence-electron chi connectivity index (χ3n) is 5.50. The predicted octanol–water partition coefficient (Wildman–Crippen LogP) is 3.44. The summed E-state index contributed by atoms with van der Waals surface area (Å²) in [6.07, 6.45) is 8.33. The first-order valence-electron chi connectivity index (χ1n) is 9.54. The Morgan fingerprint density at radius 1 is 1.23 bits per heavy atom. The van der Waals surface area contributed by atoms with Gasteiger partial charge in [0.05, 0.1) is 0 Å². The second kappa shape index (κ2) is 9.26. The van der Waals surface area contributed by atoms with Crippen LogP contribution in [0.15, 0.2) is 18.2 Å². The monoisotopic (exact) mass is 379 g/mol. The van der Waals surface area contributed by atoms with Gasteiger partial charge in [0, 0.05) is 24.3 Å². The Balaban J connectivity index is 0.00000243. The van der Waals surface area contributed by atoms with Gasteiger partial charge in [-0.2, -0.15) is 0 Å². The first-order chi connectivity index (χ1) is 12.1. The maximum Gasteiger partial charge on any atom is 0.249 e. The van der Waals surface area contributed by atoms with E-state index in [1.54, 1.807) is 11.8 Å². The predicted molar refractivity (Wildman–Crippen MR) is 108 cm³/mol. The van der Waals surface area contributed by atoms with Crippen LogP contribution in [0, 0.1) is 5.92 Å². The van der Waals surface area contributed by atoms with Gasteiger partial charge in [-0.15, -0.1) is 12.4 Å². The molecule has 1 aliphatic carbocycles. The average Bonchev–Trinajstić information content (AvgIpc) is 2.62. The quantitative estimate of drug-likeness (QED) is 0.787. The van der Waals surface area contributed by atoms with E-state index in [0.717, 1.165) is 42.6 Å². The Labute approximate surface area is 162 Å². The van der Waals surface area contributed by atoms with E-state index in [1.165, 1.54) is 19.3 Å². The Morgan fingerprint density at radius 2 is 1.96 bits per heavy atom. The van der Waals surface area contributed by atoms with Gasteiger partial charge in [0.15, 0.2) is 0 Å². The minimum absolute atomic E-state index is 0. The minimum atomic E-state index is -0.511. The number of rotatable bonds is 4. The van der Waals surface area contributed by atoms with Crippen molar-refractivity contribution in [1.29, 1.82) is 0 Å². The first kappa shape index (κ1) is 20.6. The number of nitrogens with two attached hydrogens (primary N) is 1. The summed E-state index contributed by atoms with van der Waals surface area (Å²) >= 11 is 0. The van der Waals surface area contributed by atoms with Gasteiger partial charge < -0.3 is 16.0 Å². The lowest BCUT2D eigenvalue weighted by atomic mass is 9.87. The van der Waals surface area contributed by atoms with E-state index in [1.807, 2.05) is 18.2 Å². The van der Waals surface area contributed by atoms with E-state index < -0.39 is 6.04 Å². The SMILES string of the molecule is CC(NC(=O)CC1CCCCC1)C(=O)N1CCCc2c(N)cccc21.Cl. The van der Waals surface area contributed by atoms with Crippen molar-refractivity contribution in [3.8, 4) is 0 Å². The van der Waals surface area contributed by atoms with Gasteiger partial charge in [0.2, 0.25) is 11.8 Å². The molecule has 1 unspecified atom stereocenters. The van der Waals surface area contributed by atoms with Crippen LogP contribution < -0.4 is 16.0 Å². The molecule has 26 heavy (non-hydrogen) atoms. The zero-order valence-electron chi connectivity index (χ0n) is 15.5. The second-order valence-electron chi connectivity index (χ2n) is 7.44. The fourth-order valence-electron chi connectivity index (χ4n) is 4.13. The van der Waals surface area contributed by atoms with Crippen LogP contribution in [0.1, 0.15) is 57.4 Å². The maximum absolute atomic E-state index is 12.9. The van der Waals surface area contributed by atoms with Crippen molar-refractivity contribution in [1.82, 2.24) is 5.32 Å². The summed E-state index contributed by atoms with van der Waals surface area (Å²) < 4.78 is 0. The maximum atomic E-state index is 12.9. The van der Waals surface area contributed by atoms with Gasteiger partial charge in [-0.3, -0.25) is 9.59 Å². The zero-order valence-corrected chi connectivity index (χ0v) is 16.3. The van der Waals surface area contributed by atoms with Crippen LogP contribution in [0.25, 0.3) is 0 Å². The molecule has 1 atom stereocenters. The third kappa shape index (κ3) is 4.70. The molecule has 0 spiro atoms. The van der Waals surface area contributed by atoms with E-state index in [4.69, 9.17) is 5.73 Å². The number of nitrogens with one attached hydrogen (secondary N) is 1. The molecule has 1 aromatic carbocycles. The van der Waals surface area contributed by atoms with Crippen molar-refractivity contribution in [2.24, 2.45) is 5.92 Å². The van der Waals surface area contributed by atoms with E-state index in [9.17, 15) is 9.59 Å². The van der Waals surface area contributed by atoms with Crippen LogP contribution in [-0.2, 0) is 16.0 Å². The highest BCUT2D eigenvalue weighted by Crippen LogP contribution is 2.31. The van der Waals surface area contributed by atoms with E-state index in [2.05, 4.69) is 5.32 Å². The molecule has 2 amide bonds. The van der Waals surface area contributed by atoms with Gasteiger partial charge in [0.25, 0.3) is 0 Å². The van der Waals surface area contributed by atoms with Gasteiger partial charge in [-0.25, -0.2) is 0 Å². The molecule has 0 saturated heterocycles. The summed E-state index contributed by atoms with van der Waals surface area (Å²) in [6.45, 7) is 2.46. The molecule has 3 rings (SSSR count). The number of halogens is 1. The number of hydrogen-bond donors (Lipinski definition) is 2. The lowest BCUT2D eigenvalue weighted by Crippen LogP contribution is -2.49. The highest BCUT2D eigenvalue weighted by atomic mass is 35.5. The van der Waals surface area contributed by atoms with Gasteiger partial charge >= 0.3 is 0 Å². The number of amides is 2. The van der Waals surface area contributed by atoms with Crippen LogP contribution >= 0.6 is 12.4 Å². The first-order valence-corrected chi connectivity index (χ1v) is 9.54. The standard InChI is InChI=1S/C20H29N3O2.ClH/c1-14(22-19(24)13-15-7-3-2-4-8-15)20(25)23-12-6-9-16-17(21)10-5-11-18(16)23;/h5,10-11,14-15H,2-4,6-9,12-13,21H2,1H3,(H,22,24);1H. The Morgan fingerprint density at radius 3 is 2.69 bits per heavy atom. The summed E-state index contributed by atoms with van der Waals surface area (Å²) in [5, 5.41) is 2.91. The molecule has 5 nitrogen and oxygen atoms in total. The smallest absolute Gasteiger partial charge is 0.249 e. The van der Waals surface area contributed by atoms with Crippen LogP contribution in [-0.4, -0.2) is 24.4 Å². The molecule has 6 heteroatoms. The highest BCUT2D eigenvalue weighted by Gasteiger charge is 2.28. The number of hydrogen-bond acceptors (Lipinski definition) is 3. The number of nitrogens with zero attached hydrogens (tertiary/aromatic N) is 1. The molecule has 0 bridgehead atoms. The lowest BCUT2D eigenvalue weighted by molar-refractivity contribution is -0.128. The van der Waals surface area contributed by atoms with Crippen molar-refractivity contribution in [3.63, 3.8) is 0 Å². The summed E-state index contributed by atoms with van der Waals surface area (Å²) in [6, 6.07) is 5.19. The summed E-state index contributed by atoms with van der Waals surface area (Å²) in [7, 11) is 0. The molecule has 2 aliphatic rings. The second-order valence-corrected chi connectivity index (χ2v) is 7.44. The van der Waals surface area contributed by atoms with E-state index in [-0.39, 0.29) is 24.2 Å². The lowest BCUT2D eigenvalue weighted by Gasteiger charge is -2.32. The molecule has 1 heterocycles. The van der Waals surface area contributed by atoms with Crippen molar-refractivity contribution < 1.29 is 9.59 Å². The van der Waals surface area contributed by atoms with E-state index in [0.29, 0.717) is 18.9 Å². The minimum Gasteiger partial charge on any atom is -0.398 e. The molecule has 3 N–H and O–H groups in total. The number of benzene rings is 1. The number of anilines is 2. The fraction of sp³-hybridized carbons (Fsp3) is 0.600. The number of fused-ring (bicyclic) bond motifs is 1. The van der Waals surface area contributed by atoms with Gasteiger partial charge in [-0.05, 0) is 56.2 Å². The highest BCUT2D eigenvalue weighted by molar-refractivity contribution is 6.00. The van der Waals surface area contributed by atoms with Gasteiger partial charge in [0.1, 0.15) is 6.04 Å². The van der Waals surface area contributed by atoms with Crippen LogP contribution in [0.4, 0.5) is 11.4 Å². The normalized spacial score (nSPS) is 18.4. The summed E-state index contributed by atoms with van der Waals surface area (Å²) in [5.41, 5.74) is 8.73. The van der Waals surface area contributed by atoms with Crippen LogP contribution in [0.2, 0.25) is 0 Å². The third-order valence-corrected chi connectivity index (χ3v) is 5.50. The molecule has 1 fully saturated rings. The molecule has 1 aromatic rings. The van der Waals surface area contributed by atoms with Crippen LogP contribution in [0.5, 0.6) is 0 Å². The van der Waals surface area contributed by atoms with Crippen molar-refractivity contribution in [2.75, 3.05) is 17.2 Å². The van der Waals surface area contributed by atoms with Crippen molar-refractivity contribution in [3.05, 3.63) is 23.8 Å². The molecule has 0 radical (unpaired) electrons. The Bertz CT molecular complexity index is 644. The average molecular weight is 380 g/mol. The largest absolute Gasteiger partial charge is 0.398 e. The van der Waals surface area contributed by atoms with E-state index >= 15 is 0 Å². The topological polar surface area (TPSA) is 75.4 Å². The molecule has 0 aromatic heterocycles. The number of carbonyl (C=O) groups is 2. The molecular formula is C20H30ClN3O2. The summed E-state index contributed by atoms with van der Waals surface area (Å²) in [4.78, 5) is 27.0. The Hall–Kier alpha value is -1.75. The molecule has 1 aliphatic heterocycles. The van der Waals surface area contributed by atoms with Crippen molar-refractivity contribution in [2.45, 2.75) is 64.3 Å². The number of carbonyl (C=O) groups excluding carboxylic acids is 2. The molecular weight excluding hydrogens is 350 g/mol. The van der Waals surface area contributed by atoms with Crippen molar-refractivity contribution >= 4 is 35.6 Å². The van der Waals surface area contributed by atoms with Gasteiger partial charge in [-0.1, -0.05) is 25.3 Å². The van der Waals surface area contributed by atoms with Crippen LogP contribution in [0.3, 0.4) is 0 Å². The molecule has 1 saturated carbocycles. The summed E-state index contributed by atoms with van der Waals surface area (Å²) in [5.74, 6) is 0.424.